The number of amides is 2. The number of carbonyl (C=O) groups is 2. The summed E-state index contributed by atoms with van der Waals surface area (Å²) < 4.78 is 0. The Balaban J connectivity index is 1.80. The first kappa shape index (κ1) is 20.2. The average Bonchev–Trinajstić information content (AvgIpc) is 3.22. The zero-order valence-corrected chi connectivity index (χ0v) is 17.1. The molecule has 2 aromatic carbocycles. The van der Waals surface area contributed by atoms with Crippen LogP contribution in [0, 0.1) is 18.3 Å². The van der Waals surface area contributed by atoms with Crippen molar-refractivity contribution < 1.29 is 9.59 Å². The average molecular weight is 404 g/mol. The van der Waals surface area contributed by atoms with Crippen LogP contribution in [-0.4, -0.2) is 16.8 Å². The van der Waals surface area contributed by atoms with Gasteiger partial charge in [0.05, 0.1) is 23.2 Å². The van der Waals surface area contributed by atoms with Gasteiger partial charge in [0.2, 0.25) is 0 Å². The number of anilines is 2. The Kier molecular flexibility index (Phi) is 5.76. The Hall–Kier alpha value is -3.50. The molecule has 7 heteroatoms. The summed E-state index contributed by atoms with van der Waals surface area (Å²) in [6.07, 6.45) is 1.58. The van der Waals surface area contributed by atoms with E-state index < -0.39 is 5.41 Å². The Morgan fingerprint density at radius 2 is 1.90 bits per heavy atom. The number of nitrogens with zero attached hydrogens (tertiary/aromatic N) is 2. The van der Waals surface area contributed by atoms with Gasteiger partial charge in [0.15, 0.2) is 0 Å². The zero-order chi connectivity index (χ0) is 21.0. The van der Waals surface area contributed by atoms with E-state index >= 15 is 0 Å². The molecule has 0 bridgehead atoms. The molecule has 0 saturated heterocycles. The molecule has 0 spiro atoms. The van der Waals surface area contributed by atoms with Crippen molar-refractivity contribution >= 4 is 33.8 Å². The summed E-state index contributed by atoms with van der Waals surface area (Å²) in [4.78, 5) is 29.2. The normalized spacial score (nSPS) is 10.8. The predicted molar refractivity (Wildman–Crippen MR) is 114 cm³/mol. The molecule has 0 aliphatic carbocycles. The van der Waals surface area contributed by atoms with E-state index in [9.17, 15) is 14.9 Å². The maximum Gasteiger partial charge on any atom is 0.256 e. The minimum atomic E-state index is -0.692. The SMILES string of the molecule is Cc1ccc(NC(=O)c2cccc(C(C)(C)C#N)c2)cc1C(=O)Nc1cncs1. The fraction of sp³-hybridized carbons (Fsp3) is 0.182. The molecule has 2 amide bonds. The summed E-state index contributed by atoms with van der Waals surface area (Å²) >= 11 is 1.33. The van der Waals surface area contributed by atoms with Gasteiger partial charge in [-0.05, 0) is 56.2 Å². The first-order valence-electron chi connectivity index (χ1n) is 8.94. The number of carbonyl (C=O) groups excluding carboxylic acids is 2. The van der Waals surface area contributed by atoms with Crippen LogP contribution in [0.3, 0.4) is 0 Å². The van der Waals surface area contributed by atoms with Crippen LogP contribution in [0.25, 0.3) is 0 Å². The number of nitriles is 1. The molecule has 0 saturated carbocycles. The number of hydrogen-bond donors (Lipinski definition) is 2. The summed E-state index contributed by atoms with van der Waals surface area (Å²) in [6.45, 7) is 5.44. The first-order valence-corrected chi connectivity index (χ1v) is 9.82. The quantitative estimate of drug-likeness (QED) is 0.641. The molecule has 0 fully saturated rings. The molecule has 3 aromatic rings. The predicted octanol–water partition coefficient (Wildman–Crippen LogP) is 4.76. The third-order valence-electron chi connectivity index (χ3n) is 4.54. The molecular weight excluding hydrogens is 384 g/mol. The largest absolute Gasteiger partial charge is 0.322 e. The van der Waals surface area contributed by atoms with Gasteiger partial charge in [0.25, 0.3) is 11.8 Å². The van der Waals surface area contributed by atoms with Crippen molar-refractivity contribution in [2.75, 3.05) is 10.6 Å². The van der Waals surface area contributed by atoms with Gasteiger partial charge < -0.3 is 10.6 Å². The van der Waals surface area contributed by atoms with Gasteiger partial charge in [0.1, 0.15) is 5.00 Å². The summed E-state index contributed by atoms with van der Waals surface area (Å²) in [5, 5.41) is 15.6. The van der Waals surface area contributed by atoms with Crippen LogP contribution in [0.1, 0.15) is 45.7 Å². The van der Waals surface area contributed by atoms with Crippen molar-refractivity contribution in [2.45, 2.75) is 26.2 Å². The number of rotatable bonds is 5. The summed E-state index contributed by atoms with van der Waals surface area (Å²) in [5.41, 5.74) is 3.93. The molecule has 3 rings (SSSR count). The molecular formula is C22H20N4O2S. The van der Waals surface area contributed by atoms with Crippen molar-refractivity contribution in [3.8, 4) is 6.07 Å². The van der Waals surface area contributed by atoms with Crippen molar-refractivity contribution in [1.82, 2.24) is 4.98 Å². The van der Waals surface area contributed by atoms with Gasteiger partial charge in [-0.3, -0.25) is 14.6 Å². The number of hydrogen-bond acceptors (Lipinski definition) is 5. The minimum absolute atomic E-state index is 0.263. The Bertz CT molecular complexity index is 1100. The summed E-state index contributed by atoms with van der Waals surface area (Å²) in [5.74, 6) is -0.570. The number of thiazole rings is 1. The lowest BCUT2D eigenvalue weighted by Gasteiger charge is -2.16. The van der Waals surface area contributed by atoms with Crippen LogP contribution in [0.5, 0.6) is 0 Å². The molecule has 2 N–H and O–H groups in total. The molecule has 0 aliphatic rings. The third kappa shape index (κ3) is 4.68. The lowest BCUT2D eigenvalue weighted by Crippen LogP contribution is -2.17. The number of aryl methyl sites for hydroxylation is 1. The van der Waals surface area contributed by atoms with Crippen LogP contribution in [0.4, 0.5) is 10.7 Å². The first-order chi connectivity index (χ1) is 13.8. The molecule has 146 valence electrons. The van der Waals surface area contributed by atoms with Gasteiger partial charge in [-0.15, -0.1) is 11.3 Å². The fourth-order valence-electron chi connectivity index (χ4n) is 2.72. The van der Waals surface area contributed by atoms with Gasteiger partial charge in [-0.25, -0.2) is 0 Å². The molecule has 29 heavy (non-hydrogen) atoms. The maximum absolute atomic E-state index is 12.7. The second kappa shape index (κ2) is 8.25. The highest BCUT2D eigenvalue weighted by molar-refractivity contribution is 7.14. The van der Waals surface area contributed by atoms with Crippen LogP contribution in [-0.2, 0) is 5.41 Å². The van der Waals surface area contributed by atoms with Crippen LogP contribution < -0.4 is 10.6 Å². The van der Waals surface area contributed by atoms with Crippen molar-refractivity contribution in [3.05, 3.63) is 76.4 Å². The topological polar surface area (TPSA) is 94.9 Å². The van der Waals surface area contributed by atoms with E-state index in [1.807, 2.05) is 13.0 Å². The van der Waals surface area contributed by atoms with E-state index in [1.54, 1.807) is 62.0 Å². The Labute approximate surface area is 173 Å². The van der Waals surface area contributed by atoms with Gasteiger partial charge in [-0.1, -0.05) is 18.2 Å². The Morgan fingerprint density at radius 1 is 1.10 bits per heavy atom. The van der Waals surface area contributed by atoms with Crippen molar-refractivity contribution in [1.29, 1.82) is 5.26 Å². The van der Waals surface area contributed by atoms with E-state index in [1.165, 1.54) is 11.3 Å². The van der Waals surface area contributed by atoms with Gasteiger partial charge >= 0.3 is 0 Å². The van der Waals surface area contributed by atoms with E-state index in [-0.39, 0.29) is 11.8 Å². The highest BCUT2D eigenvalue weighted by atomic mass is 32.1. The minimum Gasteiger partial charge on any atom is -0.322 e. The molecule has 6 nitrogen and oxygen atoms in total. The third-order valence-corrected chi connectivity index (χ3v) is 5.22. The monoisotopic (exact) mass is 404 g/mol. The van der Waals surface area contributed by atoms with Gasteiger partial charge in [-0.2, -0.15) is 5.26 Å². The molecule has 0 unspecified atom stereocenters. The smallest absolute Gasteiger partial charge is 0.256 e. The Morgan fingerprint density at radius 3 is 2.59 bits per heavy atom. The molecule has 0 atom stereocenters. The zero-order valence-electron chi connectivity index (χ0n) is 16.3. The highest BCUT2D eigenvalue weighted by Gasteiger charge is 2.21. The highest BCUT2D eigenvalue weighted by Crippen LogP contribution is 2.24. The molecule has 0 radical (unpaired) electrons. The lowest BCUT2D eigenvalue weighted by molar-refractivity contribution is 0.101. The standard InChI is InChI=1S/C22H20N4O2S/c1-14-7-8-17(10-18(14)21(28)26-19-11-24-13-29-19)25-20(27)15-5-4-6-16(9-15)22(2,3)12-23/h4-11,13H,1-3H3,(H,25,27)(H,26,28). The number of benzene rings is 2. The molecule has 1 aromatic heterocycles. The van der Waals surface area contributed by atoms with Crippen LogP contribution >= 0.6 is 11.3 Å². The number of nitrogens with one attached hydrogen (secondary N) is 2. The molecule has 1 heterocycles. The lowest BCUT2D eigenvalue weighted by atomic mass is 9.85. The maximum atomic E-state index is 12.7. The van der Waals surface area contributed by atoms with Crippen molar-refractivity contribution in [2.24, 2.45) is 0 Å². The van der Waals surface area contributed by atoms with E-state index in [0.717, 1.165) is 11.1 Å². The number of aromatic nitrogens is 1. The van der Waals surface area contributed by atoms with Crippen molar-refractivity contribution in [3.63, 3.8) is 0 Å². The summed E-state index contributed by atoms with van der Waals surface area (Å²) in [7, 11) is 0. The van der Waals surface area contributed by atoms with E-state index in [4.69, 9.17) is 0 Å². The van der Waals surface area contributed by atoms with Crippen LogP contribution in [0.15, 0.2) is 54.2 Å². The van der Waals surface area contributed by atoms with Crippen LogP contribution in [0.2, 0.25) is 0 Å². The second-order valence-electron chi connectivity index (χ2n) is 7.12. The van der Waals surface area contributed by atoms with E-state index in [2.05, 4.69) is 21.7 Å². The van der Waals surface area contributed by atoms with Gasteiger partial charge in [0, 0.05) is 16.8 Å². The fourth-order valence-corrected chi connectivity index (χ4v) is 3.23. The van der Waals surface area contributed by atoms with E-state index in [0.29, 0.717) is 21.8 Å². The molecule has 0 aliphatic heterocycles. The summed E-state index contributed by atoms with van der Waals surface area (Å²) in [6, 6.07) is 14.4. The second-order valence-corrected chi connectivity index (χ2v) is 8.01.